The van der Waals surface area contributed by atoms with Crippen LogP contribution in [-0.2, 0) is 26.2 Å². The van der Waals surface area contributed by atoms with E-state index < -0.39 is 0 Å². The molecular weight excluding hydrogens is 393 g/mol. The number of rotatable bonds is 0. The Bertz CT molecular complexity index is 777. The Morgan fingerprint density at radius 1 is 0.880 bits per heavy atom. The largest absolute Gasteiger partial charge is 4.00 e. The third kappa shape index (κ3) is 5.78. The Labute approximate surface area is 170 Å². The number of fused-ring (bicyclic) bond motifs is 1. The average molecular weight is 422 g/mol. The summed E-state index contributed by atoms with van der Waals surface area (Å²) in [6, 6.07) is 8.98. The second kappa shape index (κ2) is 9.67. The van der Waals surface area contributed by atoms with Crippen LogP contribution in [0.15, 0.2) is 41.0 Å². The van der Waals surface area contributed by atoms with Crippen LogP contribution >= 0.6 is 0 Å². The summed E-state index contributed by atoms with van der Waals surface area (Å²) in [6.45, 7) is 17.4. The van der Waals surface area contributed by atoms with Gasteiger partial charge in [-0.2, -0.15) is 17.2 Å². The van der Waals surface area contributed by atoms with Gasteiger partial charge in [-0.05, 0) is 13.8 Å². The molecule has 0 heterocycles. The van der Waals surface area contributed by atoms with Gasteiger partial charge in [0.2, 0.25) is 0 Å². The molecule has 0 fully saturated rings. The van der Waals surface area contributed by atoms with E-state index in [2.05, 4.69) is 85.7 Å². The maximum Gasteiger partial charge on any atom is 4.00 e. The third-order valence-corrected chi connectivity index (χ3v) is 4.88. The summed E-state index contributed by atoms with van der Waals surface area (Å²) in [5.41, 5.74) is 8.49. The summed E-state index contributed by atoms with van der Waals surface area (Å²) in [5, 5.41) is 2.78. The van der Waals surface area contributed by atoms with E-state index in [1.54, 1.807) is 0 Å². The first kappa shape index (κ1) is 26.3. The zero-order valence-corrected chi connectivity index (χ0v) is 19.0. The molecule has 3 heteroatoms. The SMILES string of the molecule is CC1=[C-]C(C)(C)C(C)=C1C.Cc1cc(C)c2cc(C)[cH-]c2c1.[F-].[F-].[Zr+4]. The molecule has 0 unspecified atom stereocenters. The van der Waals surface area contributed by atoms with Crippen LogP contribution in [-0.4, -0.2) is 0 Å². The molecule has 134 valence electrons. The van der Waals surface area contributed by atoms with Crippen molar-refractivity contribution >= 4 is 10.8 Å². The maximum absolute atomic E-state index is 3.44. The first-order chi connectivity index (χ1) is 10.1. The topological polar surface area (TPSA) is 0 Å². The summed E-state index contributed by atoms with van der Waals surface area (Å²) in [5.74, 6) is 0. The van der Waals surface area contributed by atoms with E-state index in [9.17, 15) is 0 Å². The van der Waals surface area contributed by atoms with Crippen molar-refractivity contribution in [3.8, 4) is 0 Å². The van der Waals surface area contributed by atoms with Crippen molar-refractivity contribution in [2.45, 2.75) is 55.4 Å². The normalized spacial score (nSPS) is 14.6. The zero-order chi connectivity index (χ0) is 16.7. The van der Waals surface area contributed by atoms with Crippen molar-refractivity contribution in [2.24, 2.45) is 5.41 Å². The van der Waals surface area contributed by atoms with E-state index >= 15 is 0 Å². The number of benzene rings is 1. The fourth-order valence-corrected chi connectivity index (χ4v) is 3.25. The fourth-order valence-electron chi connectivity index (χ4n) is 3.25. The van der Waals surface area contributed by atoms with Gasteiger partial charge in [0.05, 0.1) is 0 Å². The molecule has 1 aliphatic carbocycles. The molecule has 0 aromatic heterocycles. The molecule has 0 spiro atoms. The molecular formula is C22H28F2Zr. The molecule has 0 saturated heterocycles. The van der Waals surface area contributed by atoms with Gasteiger partial charge in [-0.15, -0.1) is 35.4 Å². The van der Waals surface area contributed by atoms with Crippen molar-refractivity contribution in [1.29, 1.82) is 0 Å². The van der Waals surface area contributed by atoms with Crippen LogP contribution in [0, 0.1) is 32.3 Å². The van der Waals surface area contributed by atoms with Gasteiger partial charge in [-0.3, -0.25) is 6.08 Å². The minimum absolute atomic E-state index is 0. The Balaban J connectivity index is 0. The zero-order valence-electron chi connectivity index (χ0n) is 16.6. The van der Waals surface area contributed by atoms with Crippen LogP contribution in [0.2, 0.25) is 0 Å². The molecule has 0 nitrogen and oxygen atoms in total. The number of allylic oxidation sites excluding steroid dienone is 4. The number of hydrogen-bond acceptors (Lipinski definition) is 0. The quantitative estimate of drug-likeness (QED) is 0.547. The van der Waals surface area contributed by atoms with E-state index in [-0.39, 0.29) is 41.0 Å². The standard InChI is InChI=1S/C12H13.C10H15.2FH.Zr/c1-8-4-10(3)12-7-9(2)6-11(12)5-8;1-7-6-10(4,5)9(3)8(7)2;;;/h4-7H,1-3H3;1-5H3;2*1H;/q2*-1;;;+4/p-2. The van der Waals surface area contributed by atoms with E-state index in [1.165, 1.54) is 44.2 Å². The molecule has 25 heavy (non-hydrogen) atoms. The molecule has 0 N–H and O–H groups in total. The maximum atomic E-state index is 3.44. The van der Waals surface area contributed by atoms with Crippen molar-refractivity contribution in [3.05, 3.63) is 63.8 Å². The fraction of sp³-hybridized carbons (Fsp3) is 0.409. The summed E-state index contributed by atoms with van der Waals surface area (Å²) in [4.78, 5) is 0. The van der Waals surface area contributed by atoms with E-state index in [0.29, 0.717) is 0 Å². The second-order valence-corrected chi connectivity index (χ2v) is 7.24. The number of aryl methyl sites for hydroxylation is 3. The molecule has 2 aromatic rings. The van der Waals surface area contributed by atoms with Crippen LogP contribution in [0.25, 0.3) is 10.8 Å². The van der Waals surface area contributed by atoms with Crippen molar-refractivity contribution in [1.82, 2.24) is 0 Å². The molecule has 0 aliphatic heterocycles. The van der Waals surface area contributed by atoms with Gasteiger partial charge in [0.25, 0.3) is 0 Å². The minimum atomic E-state index is 0. The molecule has 0 amide bonds. The Morgan fingerprint density at radius 3 is 1.84 bits per heavy atom. The van der Waals surface area contributed by atoms with Crippen molar-refractivity contribution in [2.75, 3.05) is 0 Å². The van der Waals surface area contributed by atoms with Crippen LogP contribution in [0.4, 0.5) is 0 Å². The first-order valence-corrected chi connectivity index (χ1v) is 8.06. The van der Waals surface area contributed by atoms with Gasteiger partial charge in [0.1, 0.15) is 0 Å². The van der Waals surface area contributed by atoms with Gasteiger partial charge >= 0.3 is 26.2 Å². The molecule has 0 saturated carbocycles. The third-order valence-electron chi connectivity index (χ3n) is 4.88. The van der Waals surface area contributed by atoms with Crippen LogP contribution in [0.3, 0.4) is 0 Å². The van der Waals surface area contributed by atoms with Crippen molar-refractivity contribution in [3.63, 3.8) is 0 Å². The van der Waals surface area contributed by atoms with Crippen molar-refractivity contribution < 1.29 is 35.6 Å². The molecule has 0 bridgehead atoms. The monoisotopic (exact) mass is 420 g/mol. The summed E-state index contributed by atoms with van der Waals surface area (Å²) in [6.07, 6.45) is 3.44. The van der Waals surface area contributed by atoms with Gasteiger partial charge in [-0.1, -0.05) is 57.2 Å². The van der Waals surface area contributed by atoms with Crippen LogP contribution in [0.5, 0.6) is 0 Å². The smallest absolute Gasteiger partial charge is 1.00 e. The van der Waals surface area contributed by atoms with Crippen LogP contribution < -0.4 is 9.41 Å². The first-order valence-electron chi connectivity index (χ1n) is 8.06. The Kier molecular flexibility index (Phi) is 10.2. The average Bonchev–Trinajstić information content (AvgIpc) is 2.84. The van der Waals surface area contributed by atoms with Gasteiger partial charge in [-0.25, -0.2) is 5.57 Å². The van der Waals surface area contributed by atoms with Gasteiger partial charge in [0, 0.05) is 0 Å². The van der Waals surface area contributed by atoms with E-state index in [4.69, 9.17) is 0 Å². The van der Waals surface area contributed by atoms with E-state index in [1.807, 2.05) is 0 Å². The van der Waals surface area contributed by atoms with Gasteiger partial charge in [0.15, 0.2) is 0 Å². The number of hydrogen-bond donors (Lipinski definition) is 0. The molecule has 0 radical (unpaired) electrons. The Hall–Kier alpha value is -0.947. The molecule has 3 rings (SSSR count). The van der Waals surface area contributed by atoms with Crippen LogP contribution in [0.1, 0.15) is 51.3 Å². The molecule has 2 aromatic carbocycles. The Morgan fingerprint density at radius 2 is 1.44 bits per heavy atom. The summed E-state index contributed by atoms with van der Waals surface area (Å²) < 4.78 is 0. The second-order valence-electron chi connectivity index (χ2n) is 7.24. The summed E-state index contributed by atoms with van der Waals surface area (Å²) >= 11 is 0. The van der Waals surface area contributed by atoms with Gasteiger partial charge < -0.3 is 9.41 Å². The predicted molar refractivity (Wildman–Crippen MR) is 98.3 cm³/mol. The van der Waals surface area contributed by atoms with E-state index in [0.717, 1.165) is 0 Å². The number of halogens is 2. The molecule has 1 aliphatic rings. The molecule has 0 atom stereocenters. The minimum Gasteiger partial charge on any atom is -1.00 e. The summed E-state index contributed by atoms with van der Waals surface area (Å²) in [7, 11) is 0. The predicted octanol–water partition coefficient (Wildman–Crippen LogP) is 0.602.